The highest BCUT2D eigenvalue weighted by atomic mass is 35.5. The van der Waals surface area contributed by atoms with Crippen molar-refractivity contribution in [3.63, 3.8) is 0 Å². The van der Waals surface area contributed by atoms with Gasteiger partial charge >= 0.3 is 0 Å². The van der Waals surface area contributed by atoms with E-state index in [-0.39, 0.29) is 22.5 Å². The average molecular weight is 321 g/mol. The fourth-order valence-corrected chi connectivity index (χ4v) is 4.19. The van der Waals surface area contributed by atoms with Crippen LogP contribution in [0.15, 0.2) is 23.1 Å². The lowest BCUT2D eigenvalue weighted by atomic mass is 10.2. The second kappa shape index (κ2) is 7.38. The number of halogens is 1. The molecule has 1 atom stereocenters. The molecule has 0 saturated carbocycles. The smallest absolute Gasteiger partial charge is 0.244 e. The van der Waals surface area contributed by atoms with Crippen molar-refractivity contribution in [1.82, 2.24) is 4.31 Å². The van der Waals surface area contributed by atoms with Crippen molar-refractivity contribution in [1.29, 1.82) is 0 Å². The van der Waals surface area contributed by atoms with Gasteiger partial charge in [0.1, 0.15) is 4.90 Å². The molecule has 0 saturated heterocycles. The summed E-state index contributed by atoms with van der Waals surface area (Å²) in [7, 11) is -2.13. The highest BCUT2D eigenvalue weighted by Gasteiger charge is 2.29. The molecule has 0 amide bonds. The fraction of sp³-hybridized carbons (Fsp3) is 0.538. The first-order valence-corrected chi connectivity index (χ1v) is 8.19. The van der Waals surface area contributed by atoms with E-state index in [2.05, 4.69) is 0 Å². The predicted molar refractivity (Wildman–Crippen MR) is 80.2 cm³/mol. The zero-order valence-electron chi connectivity index (χ0n) is 12.0. The number of ether oxygens (including phenoxy) is 1. The van der Waals surface area contributed by atoms with Gasteiger partial charge in [-0.3, -0.25) is 0 Å². The summed E-state index contributed by atoms with van der Waals surface area (Å²) >= 11 is 6.04. The lowest BCUT2D eigenvalue weighted by Gasteiger charge is -2.27. The molecular formula is C13H21ClN2O3S. The van der Waals surface area contributed by atoms with Crippen LogP contribution in [-0.4, -0.2) is 39.0 Å². The van der Waals surface area contributed by atoms with E-state index >= 15 is 0 Å². The molecule has 7 heteroatoms. The first kappa shape index (κ1) is 17.4. The number of hydrogen-bond donors (Lipinski definition) is 1. The van der Waals surface area contributed by atoms with Crippen LogP contribution in [0.4, 0.5) is 0 Å². The summed E-state index contributed by atoms with van der Waals surface area (Å²) in [6.45, 7) is 4.51. The molecule has 0 radical (unpaired) electrons. The number of sulfonamides is 1. The monoisotopic (exact) mass is 320 g/mol. The van der Waals surface area contributed by atoms with E-state index in [0.717, 1.165) is 5.56 Å². The largest absolute Gasteiger partial charge is 0.383 e. The Hall–Kier alpha value is -0.660. The molecule has 1 aromatic carbocycles. The highest BCUT2D eigenvalue weighted by Crippen LogP contribution is 2.27. The normalized spacial score (nSPS) is 13.7. The van der Waals surface area contributed by atoms with Crippen LogP contribution in [0.5, 0.6) is 0 Å². The van der Waals surface area contributed by atoms with Crippen LogP contribution in [0.25, 0.3) is 0 Å². The molecule has 2 N–H and O–H groups in total. The summed E-state index contributed by atoms with van der Waals surface area (Å²) in [4.78, 5) is 0.0897. The highest BCUT2D eigenvalue weighted by molar-refractivity contribution is 7.89. The van der Waals surface area contributed by atoms with E-state index in [0.29, 0.717) is 13.2 Å². The van der Waals surface area contributed by atoms with Crippen molar-refractivity contribution in [3.05, 3.63) is 28.8 Å². The molecule has 0 heterocycles. The molecule has 0 aliphatic rings. The molecule has 1 aromatic rings. The lowest BCUT2D eigenvalue weighted by Crippen LogP contribution is -2.41. The third kappa shape index (κ3) is 3.71. The summed E-state index contributed by atoms with van der Waals surface area (Å²) < 4.78 is 31.8. The van der Waals surface area contributed by atoms with Crippen molar-refractivity contribution < 1.29 is 13.2 Å². The maximum absolute atomic E-state index is 12.7. The number of rotatable bonds is 7. The van der Waals surface area contributed by atoms with Gasteiger partial charge in [-0.1, -0.05) is 24.6 Å². The van der Waals surface area contributed by atoms with Crippen LogP contribution in [0.3, 0.4) is 0 Å². The van der Waals surface area contributed by atoms with Crippen molar-refractivity contribution in [2.45, 2.75) is 31.3 Å². The van der Waals surface area contributed by atoms with Gasteiger partial charge in [-0.25, -0.2) is 8.42 Å². The van der Waals surface area contributed by atoms with Gasteiger partial charge in [0, 0.05) is 26.2 Å². The average Bonchev–Trinajstić information content (AvgIpc) is 2.39. The molecule has 0 fully saturated rings. The summed E-state index contributed by atoms with van der Waals surface area (Å²) in [5, 5.41) is 0.199. The third-order valence-corrected chi connectivity index (χ3v) is 5.60. The maximum Gasteiger partial charge on any atom is 0.244 e. The number of hydrogen-bond acceptors (Lipinski definition) is 4. The predicted octanol–water partition coefficient (Wildman–Crippen LogP) is 1.84. The molecule has 1 rings (SSSR count). The Morgan fingerprint density at radius 2 is 2.10 bits per heavy atom. The second-order valence-corrected chi connectivity index (χ2v) is 6.75. The van der Waals surface area contributed by atoms with Gasteiger partial charge in [0.05, 0.1) is 11.6 Å². The Morgan fingerprint density at radius 1 is 1.45 bits per heavy atom. The molecule has 114 valence electrons. The van der Waals surface area contributed by atoms with Gasteiger partial charge in [-0.2, -0.15) is 4.31 Å². The van der Waals surface area contributed by atoms with Crippen LogP contribution >= 0.6 is 11.6 Å². The van der Waals surface area contributed by atoms with Crippen LogP contribution in [0.2, 0.25) is 5.02 Å². The molecule has 0 aliphatic heterocycles. The minimum absolute atomic E-state index is 0.0897. The SMILES string of the molecule is CCN(C(C)COC)S(=O)(=O)c1cc(CN)ccc1Cl. The van der Waals surface area contributed by atoms with Crippen molar-refractivity contribution in [2.24, 2.45) is 5.73 Å². The van der Waals surface area contributed by atoms with E-state index in [1.807, 2.05) is 0 Å². The van der Waals surface area contributed by atoms with Crippen LogP contribution in [0.1, 0.15) is 19.4 Å². The minimum atomic E-state index is -3.67. The van der Waals surface area contributed by atoms with Crippen LogP contribution < -0.4 is 5.73 Å². The van der Waals surface area contributed by atoms with Crippen LogP contribution in [0, 0.1) is 0 Å². The van der Waals surface area contributed by atoms with E-state index in [1.165, 1.54) is 10.4 Å². The minimum Gasteiger partial charge on any atom is -0.383 e. The molecule has 1 unspecified atom stereocenters. The standard InChI is InChI=1S/C13H21ClN2O3S/c1-4-16(10(2)9-19-3)20(17,18)13-7-11(8-15)5-6-12(13)14/h5-7,10H,4,8-9,15H2,1-3H3. The third-order valence-electron chi connectivity index (χ3n) is 3.03. The molecule has 5 nitrogen and oxygen atoms in total. The molecule has 0 bridgehead atoms. The quantitative estimate of drug-likeness (QED) is 0.832. The van der Waals surface area contributed by atoms with Crippen molar-refractivity contribution >= 4 is 21.6 Å². The summed E-state index contributed by atoms with van der Waals surface area (Å²) in [5.74, 6) is 0. The Balaban J connectivity index is 3.26. The molecule has 20 heavy (non-hydrogen) atoms. The van der Waals surface area contributed by atoms with Gasteiger partial charge in [-0.15, -0.1) is 0 Å². The van der Waals surface area contributed by atoms with Crippen molar-refractivity contribution in [3.8, 4) is 0 Å². The Bertz CT molecular complexity index is 549. The Kier molecular flexibility index (Phi) is 6.42. The van der Waals surface area contributed by atoms with E-state index in [9.17, 15) is 8.42 Å². The topological polar surface area (TPSA) is 72.6 Å². The lowest BCUT2D eigenvalue weighted by molar-refractivity contribution is 0.142. The number of nitrogens with zero attached hydrogens (tertiary/aromatic N) is 1. The fourth-order valence-electron chi connectivity index (χ4n) is 2.04. The first-order chi connectivity index (χ1) is 9.38. The van der Waals surface area contributed by atoms with Gasteiger partial charge in [0.25, 0.3) is 0 Å². The van der Waals surface area contributed by atoms with Gasteiger partial charge < -0.3 is 10.5 Å². The number of benzene rings is 1. The summed E-state index contributed by atoms with van der Waals surface area (Å²) in [5.41, 5.74) is 6.28. The van der Waals surface area contributed by atoms with E-state index < -0.39 is 10.0 Å². The number of nitrogens with two attached hydrogens (primary N) is 1. The number of methoxy groups -OCH3 is 1. The zero-order chi connectivity index (χ0) is 15.3. The first-order valence-electron chi connectivity index (χ1n) is 6.37. The molecular weight excluding hydrogens is 300 g/mol. The van der Waals surface area contributed by atoms with Gasteiger partial charge in [0.2, 0.25) is 10.0 Å². The number of likely N-dealkylation sites (N-methyl/N-ethyl adjacent to an activating group) is 1. The summed E-state index contributed by atoms with van der Waals surface area (Å²) in [6, 6.07) is 4.54. The molecule has 0 aromatic heterocycles. The van der Waals surface area contributed by atoms with Crippen LogP contribution in [-0.2, 0) is 21.3 Å². The Morgan fingerprint density at radius 3 is 2.60 bits per heavy atom. The zero-order valence-corrected chi connectivity index (χ0v) is 13.5. The van der Waals surface area contributed by atoms with Gasteiger partial charge in [0.15, 0.2) is 0 Å². The maximum atomic E-state index is 12.7. The Labute approximate surface area is 125 Å². The van der Waals surface area contributed by atoms with Crippen molar-refractivity contribution in [2.75, 3.05) is 20.3 Å². The summed E-state index contributed by atoms with van der Waals surface area (Å²) in [6.07, 6.45) is 0. The van der Waals surface area contributed by atoms with Gasteiger partial charge in [-0.05, 0) is 24.6 Å². The van der Waals surface area contributed by atoms with E-state index in [1.54, 1.807) is 33.1 Å². The molecule has 0 aliphatic carbocycles. The van der Waals surface area contributed by atoms with E-state index in [4.69, 9.17) is 22.1 Å². The second-order valence-electron chi connectivity index (χ2n) is 4.48. The molecule has 0 spiro atoms.